The van der Waals surface area contributed by atoms with Gasteiger partial charge in [-0.2, -0.15) is 5.26 Å². The van der Waals surface area contributed by atoms with E-state index in [-0.39, 0.29) is 5.41 Å². The summed E-state index contributed by atoms with van der Waals surface area (Å²) in [6, 6.07) is 56.7. The first-order valence-electron chi connectivity index (χ1n) is 19.6. The lowest BCUT2D eigenvalue weighted by atomic mass is 9.42. The molecule has 4 saturated carbocycles. The Morgan fingerprint density at radius 2 is 1.06 bits per heavy atom. The van der Waals surface area contributed by atoms with Crippen molar-refractivity contribution in [3.63, 3.8) is 0 Å². The maximum atomic E-state index is 9.44. The summed E-state index contributed by atoms with van der Waals surface area (Å²) in [6.45, 7) is 0. The largest absolute Gasteiger partial charge is 0.228 e. The van der Waals surface area contributed by atoms with Crippen molar-refractivity contribution in [1.82, 2.24) is 9.97 Å². The van der Waals surface area contributed by atoms with Crippen molar-refractivity contribution in [3.05, 3.63) is 168 Å². The van der Waals surface area contributed by atoms with Gasteiger partial charge in [-0.15, -0.1) is 0 Å². The molecule has 0 atom stereocenters. The first kappa shape index (κ1) is 31.4. The van der Waals surface area contributed by atoms with E-state index in [2.05, 4.69) is 133 Å². The van der Waals surface area contributed by atoms with Crippen LogP contribution in [0.5, 0.6) is 0 Å². The molecule has 5 aliphatic rings. The molecule has 3 heteroatoms. The van der Waals surface area contributed by atoms with E-state index >= 15 is 0 Å². The van der Waals surface area contributed by atoms with Crippen LogP contribution in [0.25, 0.3) is 67.3 Å². The minimum atomic E-state index is 0.0176. The molecule has 54 heavy (non-hydrogen) atoms. The van der Waals surface area contributed by atoms with Crippen molar-refractivity contribution in [3.8, 4) is 73.4 Å². The molecule has 6 aromatic carbocycles. The average Bonchev–Trinajstić information content (AvgIpc) is 3.53. The molecular weight excluding hydrogens is 655 g/mol. The monoisotopic (exact) mass is 693 g/mol. The summed E-state index contributed by atoms with van der Waals surface area (Å²) in [5, 5.41) is 9.44. The summed E-state index contributed by atoms with van der Waals surface area (Å²) in [5.74, 6) is 3.79. The fourth-order valence-electron chi connectivity index (χ4n) is 11.3. The number of hydrogen-bond acceptors (Lipinski definition) is 3. The van der Waals surface area contributed by atoms with Crippen molar-refractivity contribution in [2.24, 2.45) is 23.7 Å². The second-order valence-electron chi connectivity index (χ2n) is 16.1. The molecule has 0 unspecified atom stereocenters. The van der Waals surface area contributed by atoms with Gasteiger partial charge in [-0.05, 0) is 131 Å². The number of hydrogen-bond donors (Lipinski definition) is 0. The average molecular weight is 694 g/mol. The summed E-state index contributed by atoms with van der Waals surface area (Å²) in [4.78, 5) is 10.3. The number of nitrogens with zero attached hydrogens (tertiary/aromatic N) is 3. The second-order valence-corrected chi connectivity index (χ2v) is 16.1. The first-order valence-corrected chi connectivity index (χ1v) is 19.6. The molecule has 1 heterocycles. The van der Waals surface area contributed by atoms with Gasteiger partial charge >= 0.3 is 0 Å². The Hall–Kier alpha value is -6.11. The lowest BCUT2D eigenvalue weighted by Gasteiger charge is -2.61. The molecule has 3 nitrogen and oxygen atoms in total. The van der Waals surface area contributed by atoms with Gasteiger partial charge in [-0.25, -0.2) is 9.97 Å². The highest BCUT2D eigenvalue weighted by atomic mass is 14.9. The molecule has 0 aliphatic heterocycles. The molecule has 0 N–H and O–H groups in total. The van der Waals surface area contributed by atoms with Crippen molar-refractivity contribution < 1.29 is 0 Å². The lowest BCUT2D eigenvalue weighted by molar-refractivity contribution is -0.0397. The second kappa shape index (κ2) is 12.2. The Morgan fingerprint density at radius 1 is 0.463 bits per heavy atom. The van der Waals surface area contributed by atoms with Crippen molar-refractivity contribution in [2.75, 3.05) is 0 Å². The van der Waals surface area contributed by atoms with Gasteiger partial charge in [0.25, 0.3) is 0 Å². The van der Waals surface area contributed by atoms with Gasteiger partial charge in [-0.3, -0.25) is 0 Å². The zero-order chi connectivity index (χ0) is 35.8. The SMILES string of the molecule is N#Cc1ccc(-c2ccc3c(c2)-c2cccc(-c4cccc(-c5cc(-c6ccccc6)nc(-c6ccccc6)n5)c4)c2C32C3CC4CC(C3)CC2C4)cc1. The van der Waals surface area contributed by atoms with Crippen molar-refractivity contribution >= 4 is 0 Å². The quantitative estimate of drug-likeness (QED) is 0.180. The molecule has 4 fully saturated rings. The predicted molar refractivity (Wildman–Crippen MR) is 217 cm³/mol. The van der Waals surface area contributed by atoms with E-state index in [1.807, 2.05) is 24.3 Å². The van der Waals surface area contributed by atoms with Gasteiger partial charge in [0.2, 0.25) is 0 Å². The van der Waals surface area contributed by atoms with E-state index in [1.54, 1.807) is 11.1 Å². The summed E-state index contributed by atoms with van der Waals surface area (Å²) in [6.07, 6.45) is 6.78. The third kappa shape index (κ3) is 4.79. The van der Waals surface area contributed by atoms with Crippen LogP contribution in [-0.4, -0.2) is 9.97 Å². The number of rotatable bonds is 5. The fraction of sp³-hybridized carbons (Fsp3) is 0.196. The van der Waals surface area contributed by atoms with Crippen LogP contribution in [0, 0.1) is 35.0 Å². The number of benzene rings is 6. The molecule has 0 saturated heterocycles. The van der Waals surface area contributed by atoms with Crippen LogP contribution in [0.15, 0.2) is 152 Å². The Labute approximate surface area is 317 Å². The smallest absolute Gasteiger partial charge is 0.160 e. The van der Waals surface area contributed by atoms with Gasteiger partial charge in [0, 0.05) is 22.1 Å². The third-order valence-corrected chi connectivity index (χ3v) is 13.3. The van der Waals surface area contributed by atoms with E-state index in [0.717, 1.165) is 51.3 Å². The van der Waals surface area contributed by atoms with Gasteiger partial charge in [0.15, 0.2) is 5.82 Å². The fourth-order valence-corrected chi connectivity index (χ4v) is 11.3. The first-order chi connectivity index (χ1) is 26.7. The van der Waals surface area contributed by atoms with Crippen LogP contribution in [0.4, 0.5) is 0 Å². The van der Waals surface area contributed by atoms with Crippen LogP contribution >= 0.6 is 0 Å². The molecule has 5 aliphatic carbocycles. The molecule has 1 spiro atoms. The zero-order valence-electron chi connectivity index (χ0n) is 30.1. The molecule has 7 aromatic rings. The highest BCUT2D eigenvalue weighted by molar-refractivity contribution is 5.92. The van der Waals surface area contributed by atoms with Gasteiger partial charge in [0.05, 0.1) is 23.0 Å². The van der Waals surface area contributed by atoms with E-state index in [9.17, 15) is 5.26 Å². The number of fused-ring (bicyclic) bond motifs is 3. The lowest BCUT2D eigenvalue weighted by Crippen LogP contribution is -2.55. The van der Waals surface area contributed by atoms with E-state index < -0.39 is 0 Å². The molecule has 258 valence electrons. The summed E-state index contributed by atoms with van der Waals surface area (Å²) >= 11 is 0. The minimum absolute atomic E-state index is 0.0176. The topological polar surface area (TPSA) is 49.6 Å². The molecule has 0 radical (unpaired) electrons. The van der Waals surface area contributed by atoms with Crippen LogP contribution in [0.1, 0.15) is 48.8 Å². The van der Waals surface area contributed by atoms with Crippen LogP contribution in [-0.2, 0) is 5.41 Å². The maximum absolute atomic E-state index is 9.44. The summed E-state index contributed by atoms with van der Waals surface area (Å²) in [7, 11) is 0. The Kier molecular flexibility index (Phi) is 7.11. The standard InChI is InChI=1S/C51H39N3/c52-31-32-17-19-35(20-18-32)38-21-22-46-45(29-38)44-16-8-15-43(49(44)51(46)41-24-33-23-34(26-41)27-42(51)25-33)39-13-7-14-40(28-39)48-30-47(36-9-3-1-4-10-36)53-50(54-48)37-11-5-2-6-12-37/h1-22,28-30,33-34,41-42H,23-27H2. The van der Waals surface area contributed by atoms with Gasteiger partial charge < -0.3 is 0 Å². The van der Waals surface area contributed by atoms with E-state index in [0.29, 0.717) is 17.4 Å². The third-order valence-electron chi connectivity index (χ3n) is 13.3. The molecule has 12 rings (SSSR count). The minimum Gasteiger partial charge on any atom is -0.228 e. The Morgan fingerprint density at radius 3 is 1.76 bits per heavy atom. The Balaban J connectivity index is 1.09. The molecule has 1 aromatic heterocycles. The van der Waals surface area contributed by atoms with Crippen LogP contribution in [0.2, 0.25) is 0 Å². The maximum Gasteiger partial charge on any atom is 0.160 e. The van der Waals surface area contributed by atoms with Crippen LogP contribution < -0.4 is 0 Å². The van der Waals surface area contributed by atoms with Crippen molar-refractivity contribution in [1.29, 1.82) is 5.26 Å². The van der Waals surface area contributed by atoms with Gasteiger partial charge in [-0.1, -0.05) is 121 Å². The highest BCUT2D eigenvalue weighted by Crippen LogP contribution is 2.70. The number of nitriles is 1. The summed E-state index contributed by atoms with van der Waals surface area (Å²) < 4.78 is 0. The van der Waals surface area contributed by atoms with E-state index in [4.69, 9.17) is 9.97 Å². The highest BCUT2D eigenvalue weighted by Gasteiger charge is 2.62. The Bertz CT molecular complexity index is 2530. The molecule has 4 bridgehead atoms. The number of aromatic nitrogens is 2. The zero-order valence-corrected chi connectivity index (χ0v) is 30.1. The summed E-state index contributed by atoms with van der Waals surface area (Å²) in [5.41, 5.74) is 16.6. The predicted octanol–water partition coefficient (Wildman–Crippen LogP) is 12.4. The van der Waals surface area contributed by atoms with E-state index in [1.165, 1.54) is 59.9 Å². The van der Waals surface area contributed by atoms with Crippen LogP contribution in [0.3, 0.4) is 0 Å². The normalized spacial score (nSPS) is 22.9. The molecular formula is C51H39N3. The van der Waals surface area contributed by atoms with Gasteiger partial charge in [0.1, 0.15) is 0 Å². The van der Waals surface area contributed by atoms with Crippen molar-refractivity contribution in [2.45, 2.75) is 37.5 Å². The molecule has 0 amide bonds.